The van der Waals surface area contributed by atoms with Gasteiger partial charge in [-0.1, -0.05) is 0 Å². The van der Waals surface area contributed by atoms with Crippen LogP contribution in [0.5, 0.6) is 5.75 Å². The summed E-state index contributed by atoms with van der Waals surface area (Å²) >= 11 is 0. The van der Waals surface area contributed by atoms with E-state index in [0.29, 0.717) is 11.4 Å². The summed E-state index contributed by atoms with van der Waals surface area (Å²) in [6.45, 7) is 6.63. The zero-order valence-corrected chi connectivity index (χ0v) is 10.4. The Labute approximate surface area is 102 Å². The monoisotopic (exact) mass is 236 g/mol. The lowest BCUT2D eigenvalue weighted by Gasteiger charge is -2.35. The van der Waals surface area contributed by atoms with Gasteiger partial charge in [-0.2, -0.15) is 0 Å². The molecular weight excluding hydrogens is 216 g/mol. The van der Waals surface area contributed by atoms with Gasteiger partial charge in [-0.15, -0.1) is 0 Å². The van der Waals surface area contributed by atoms with Gasteiger partial charge in [0.05, 0.1) is 12.2 Å². The molecule has 0 radical (unpaired) electrons. The van der Waals surface area contributed by atoms with E-state index in [4.69, 9.17) is 10.5 Å². The molecule has 17 heavy (non-hydrogen) atoms. The number of hydrogen-bond donors (Lipinski definition) is 2. The van der Waals surface area contributed by atoms with Gasteiger partial charge in [0.2, 0.25) is 0 Å². The maximum absolute atomic E-state index is 9.78. The van der Waals surface area contributed by atoms with Crippen molar-refractivity contribution in [2.45, 2.75) is 32.6 Å². The molecule has 2 atom stereocenters. The number of phenols is 1. The van der Waals surface area contributed by atoms with E-state index in [2.05, 4.69) is 18.7 Å². The van der Waals surface area contributed by atoms with E-state index in [0.717, 1.165) is 25.2 Å². The van der Waals surface area contributed by atoms with Crippen LogP contribution in [0.15, 0.2) is 18.2 Å². The Morgan fingerprint density at radius 2 is 2.00 bits per heavy atom. The van der Waals surface area contributed by atoms with Crippen molar-refractivity contribution in [2.75, 3.05) is 18.8 Å². The van der Waals surface area contributed by atoms with Gasteiger partial charge in [0.15, 0.2) is 0 Å². The maximum atomic E-state index is 9.78. The third kappa shape index (κ3) is 3.11. The highest BCUT2D eigenvalue weighted by Gasteiger charge is 2.22. The molecule has 0 amide bonds. The lowest BCUT2D eigenvalue weighted by Crippen LogP contribution is -2.44. The van der Waals surface area contributed by atoms with E-state index in [1.54, 1.807) is 12.1 Å². The average molecular weight is 236 g/mol. The Morgan fingerprint density at radius 3 is 2.65 bits per heavy atom. The SMILES string of the molecule is C[C@@H]1CN(Cc2cc(N)ccc2O)C[C@H](C)O1. The summed E-state index contributed by atoms with van der Waals surface area (Å²) in [4.78, 5) is 2.29. The number of hydrogen-bond acceptors (Lipinski definition) is 4. The fraction of sp³-hybridized carbons (Fsp3) is 0.538. The molecule has 1 fully saturated rings. The van der Waals surface area contributed by atoms with Crippen LogP contribution in [0.25, 0.3) is 0 Å². The van der Waals surface area contributed by atoms with E-state index < -0.39 is 0 Å². The smallest absolute Gasteiger partial charge is 0.120 e. The van der Waals surface area contributed by atoms with Crippen LogP contribution < -0.4 is 5.73 Å². The van der Waals surface area contributed by atoms with Crippen LogP contribution in [0.3, 0.4) is 0 Å². The number of nitrogen functional groups attached to an aromatic ring is 1. The first kappa shape index (κ1) is 12.2. The highest BCUT2D eigenvalue weighted by Crippen LogP contribution is 2.23. The second-order valence-corrected chi connectivity index (χ2v) is 4.84. The van der Waals surface area contributed by atoms with Crippen LogP contribution in [-0.4, -0.2) is 35.3 Å². The van der Waals surface area contributed by atoms with Gasteiger partial charge >= 0.3 is 0 Å². The minimum absolute atomic E-state index is 0.238. The summed E-state index contributed by atoms with van der Waals surface area (Å²) < 4.78 is 5.68. The third-order valence-corrected chi connectivity index (χ3v) is 2.99. The number of benzene rings is 1. The second kappa shape index (κ2) is 4.94. The molecule has 0 spiro atoms. The van der Waals surface area contributed by atoms with E-state index in [1.807, 2.05) is 6.07 Å². The van der Waals surface area contributed by atoms with Gasteiger partial charge in [-0.3, -0.25) is 4.90 Å². The van der Waals surface area contributed by atoms with Crippen molar-refractivity contribution in [3.8, 4) is 5.75 Å². The number of ether oxygens (including phenoxy) is 1. The Kier molecular flexibility index (Phi) is 3.54. The summed E-state index contributed by atoms with van der Waals surface area (Å²) in [5.74, 6) is 0.311. The third-order valence-electron chi connectivity index (χ3n) is 2.99. The molecule has 0 saturated carbocycles. The molecule has 1 aromatic carbocycles. The van der Waals surface area contributed by atoms with Gasteiger partial charge in [-0.25, -0.2) is 0 Å². The average Bonchev–Trinajstić information content (AvgIpc) is 2.22. The number of morpholine rings is 1. The second-order valence-electron chi connectivity index (χ2n) is 4.84. The Morgan fingerprint density at radius 1 is 1.35 bits per heavy atom. The van der Waals surface area contributed by atoms with E-state index in [-0.39, 0.29) is 12.2 Å². The lowest BCUT2D eigenvalue weighted by molar-refractivity contribution is -0.0706. The molecule has 1 aliphatic heterocycles. The standard InChI is InChI=1S/C13H20N2O2/c1-9-6-15(7-10(2)17-9)8-11-5-12(14)3-4-13(11)16/h3-5,9-10,16H,6-8,14H2,1-2H3/t9-,10+. The van der Waals surface area contributed by atoms with Crippen LogP contribution in [0.1, 0.15) is 19.4 Å². The lowest BCUT2D eigenvalue weighted by atomic mass is 10.1. The van der Waals surface area contributed by atoms with E-state index in [9.17, 15) is 5.11 Å². The van der Waals surface area contributed by atoms with Crippen molar-refractivity contribution >= 4 is 5.69 Å². The Hall–Kier alpha value is -1.26. The first-order valence-corrected chi connectivity index (χ1v) is 6.00. The number of anilines is 1. The maximum Gasteiger partial charge on any atom is 0.120 e. The first-order valence-electron chi connectivity index (χ1n) is 6.00. The molecular formula is C13H20N2O2. The minimum Gasteiger partial charge on any atom is -0.508 e. The van der Waals surface area contributed by atoms with Crippen molar-refractivity contribution in [2.24, 2.45) is 0 Å². The molecule has 94 valence electrons. The number of nitrogens with two attached hydrogens (primary N) is 1. The summed E-state index contributed by atoms with van der Waals surface area (Å²) in [7, 11) is 0. The fourth-order valence-electron chi connectivity index (χ4n) is 2.39. The normalized spacial score (nSPS) is 26.0. The summed E-state index contributed by atoms with van der Waals surface area (Å²) in [5.41, 5.74) is 7.30. The van der Waals surface area contributed by atoms with Crippen molar-refractivity contribution in [1.82, 2.24) is 4.90 Å². The van der Waals surface area contributed by atoms with Gasteiger partial charge in [0.1, 0.15) is 5.75 Å². The van der Waals surface area contributed by atoms with Gasteiger partial charge < -0.3 is 15.6 Å². The quantitative estimate of drug-likeness (QED) is 0.604. The Balaban J connectivity index is 2.07. The van der Waals surface area contributed by atoms with Crippen molar-refractivity contribution in [3.63, 3.8) is 0 Å². The molecule has 1 saturated heterocycles. The molecule has 4 heteroatoms. The van der Waals surface area contributed by atoms with Crippen LogP contribution >= 0.6 is 0 Å². The molecule has 1 heterocycles. The van der Waals surface area contributed by atoms with Gasteiger partial charge in [0, 0.05) is 30.9 Å². The molecule has 1 aromatic rings. The zero-order valence-electron chi connectivity index (χ0n) is 10.4. The van der Waals surface area contributed by atoms with Crippen molar-refractivity contribution in [3.05, 3.63) is 23.8 Å². The molecule has 0 bridgehead atoms. The van der Waals surface area contributed by atoms with Gasteiger partial charge in [-0.05, 0) is 32.0 Å². The minimum atomic E-state index is 0.238. The fourth-order valence-corrected chi connectivity index (χ4v) is 2.39. The molecule has 0 aromatic heterocycles. The van der Waals surface area contributed by atoms with E-state index >= 15 is 0 Å². The predicted molar refractivity (Wildman–Crippen MR) is 67.8 cm³/mol. The van der Waals surface area contributed by atoms with E-state index in [1.165, 1.54) is 0 Å². The van der Waals surface area contributed by atoms with Crippen LogP contribution in [0.4, 0.5) is 5.69 Å². The molecule has 1 aliphatic rings. The van der Waals surface area contributed by atoms with Crippen molar-refractivity contribution < 1.29 is 9.84 Å². The van der Waals surface area contributed by atoms with Crippen LogP contribution in [0, 0.1) is 0 Å². The number of rotatable bonds is 2. The zero-order chi connectivity index (χ0) is 12.4. The molecule has 0 unspecified atom stereocenters. The summed E-state index contributed by atoms with van der Waals surface area (Å²) in [6.07, 6.45) is 0.476. The Bertz CT molecular complexity index is 385. The highest BCUT2D eigenvalue weighted by atomic mass is 16.5. The highest BCUT2D eigenvalue weighted by molar-refractivity contribution is 5.47. The molecule has 0 aliphatic carbocycles. The van der Waals surface area contributed by atoms with Crippen molar-refractivity contribution in [1.29, 1.82) is 0 Å². The largest absolute Gasteiger partial charge is 0.508 e. The van der Waals surface area contributed by atoms with Crippen LogP contribution in [-0.2, 0) is 11.3 Å². The predicted octanol–water partition coefficient (Wildman–Crippen LogP) is 1.58. The first-order chi connectivity index (χ1) is 8.04. The number of aromatic hydroxyl groups is 1. The van der Waals surface area contributed by atoms with Crippen LogP contribution in [0.2, 0.25) is 0 Å². The van der Waals surface area contributed by atoms with Gasteiger partial charge in [0.25, 0.3) is 0 Å². The molecule has 2 rings (SSSR count). The number of nitrogens with zero attached hydrogens (tertiary/aromatic N) is 1. The molecule has 3 N–H and O–H groups in total. The topological polar surface area (TPSA) is 58.7 Å². The summed E-state index contributed by atoms with van der Waals surface area (Å²) in [5, 5.41) is 9.78. The number of phenolic OH excluding ortho intramolecular Hbond substituents is 1. The summed E-state index contributed by atoms with van der Waals surface area (Å²) in [6, 6.07) is 5.20. The molecule has 4 nitrogen and oxygen atoms in total.